The predicted molar refractivity (Wildman–Crippen MR) is 57.3 cm³/mol. The summed E-state index contributed by atoms with van der Waals surface area (Å²) in [6, 6.07) is 5.60. The molecule has 1 aromatic carbocycles. The van der Waals surface area contributed by atoms with Crippen LogP contribution in [0.15, 0.2) is 12.1 Å². The van der Waals surface area contributed by atoms with E-state index >= 15 is 0 Å². The smallest absolute Gasteiger partial charge is 0.231 e. The van der Waals surface area contributed by atoms with Crippen LogP contribution in [0, 0.1) is 11.3 Å². The van der Waals surface area contributed by atoms with Gasteiger partial charge in [0.25, 0.3) is 0 Å². The highest BCUT2D eigenvalue weighted by Gasteiger charge is 2.32. The summed E-state index contributed by atoms with van der Waals surface area (Å²) in [5.74, 6) is 0.786. The zero-order valence-electron chi connectivity index (χ0n) is 8.69. The van der Waals surface area contributed by atoms with E-state index in [1.165, 1.54) is 0 Å². The Hall–Kier alpha value is -2.02. The van der Waals surface area contributed by atoms with E-state index in [9.17, 15) is 4.79 Å². The standard InChI is InChI=1S/C12H10N2O2/c13-7-8-4-9-6-11(15)14-2-1-3-16-10(5-8)12(9)14/h4-5H,1-3,6H2. The fourth-order valence-electron chi connectivity index (χ4n) is 2.31. The Balaban J connectivity index is 2.22. The van der Waals surface area contributed by atoms with E-state index in [0.29, 0.717) is 30.9 Å². The van der Waals surface area contributed by atoms with Gasteiger partial charge in [0.2, 0.25) is 5.91 Å². The number of carbonyl (C=O) groups is 1. The lowest BCUT2D eigenvalue weighted by molar-refractivity contribution is -0.117. The number of carbonyl (C=O) groups excluding carboxylic acids is 1. The molecule has 4 heteroatoms. The van der Waals surface area contributed by atoms with E-state index in [2.05, 4.69) is 6.07 Å². The van der Waals surface area contributed by atoms with Crippen LogP contribution in [-0.2, 0) is 11.2 Å². The number of ether oxygens (including phenoxy) is 1. The summed E-state index contributed by atoms with van der Waals surface area (Å²) in [4.78, 5) is 13.6. The fourth-order valence-corrected chi connectivity index (χ4v) is 2.31. The van der Waals surface area contributed by atoms with Crippen LogP contribution < -0.4 is 9.64 Å². The van der Waals surface area contributed by atoms with Crippen molar-refractivity contribution in [2.24, 2.45) is 0 Å². The average molecular weight is 214 g/mol. The Morgan fingerprint density at radius 3 is 3.12 bits per heavy atom. The third-order valence-corrected chi connectivity index (χ3v) is 2.98. The minimum Gasteiger partial charge on any atom is -0.491 e. The van der Waals surface area contributed by atoms with Gasteiger partial charge in [-0.05, 0) is 18.1 Å². The van der Waals surface area contributed by atoms with Crippen molar-refractivity contribution >= 4 is 11.6 Å². The van der Waals surface area contributed by atoms with E-state index < -0.39 is 0 Å². The molecule has 2 heterocycles. The number of rotatable bonds is 0. The van der Waals surface area contributed by atoms with Crippen LogP contribution in [0.3, 0.4) is 0 Å². The van der Waals surface area contributed by atoms with Crippen molar-refractivity contribution < 1.29 is 9.53 Å². The molecule has 0 saturated heterocycles. The molecule has 0 spiro atoms. The SMILES string of the molecule is N#Cc1cc2c3c(c1)OCCCN3C(=O)C2. The topological polar surface area (TPSA) is 53.3 Å². The van der Waals surface area contributed by atoms with Gasteiger partial charge in [0.1, 0.15) is 5.75 Å². The number of anilines is 1. The molecule has 0 fully saturated rings. The van der Waals surface area contributed by atoms with Crippen LogP contribution >= 0.6 is 0 Å². The first-order valence-corrected chi connectivity index (χ1v) is 5.30. The van der Waals surface area contributed by atoms with Crippen LogP contribution in [0.25, 0.3) is 0 Å². The largest absolute Gasteiger partial charge is 0.491 e. The molecule has 1 amide bonds. The first-order valence-electron chi connectivity index (χ1n) is 5.30. The molecule has 2 aliphatic heterocycles. The molecular weight excluding hydrogens is 204 g/mol. The van der Waals surface area contributed by atoms with E-state index in [1.54, 1.807) is 17.0 Å². The van der Waals surface area contributed by atoms with Gasteiger partial charge < -0.3 is 9.64 Å². The Bertz CT molecular complexity index is 516. The average Bonchev–Trinajstić information content (AvgIpc) is 2.49. The van der Waals surface area contributed by atoms with E-state index in [0.717, 1.165) is 17.7 Å². The maximum Gasteiger partial charge on any atom is 0.231 e. The van der Waals surface area contributed by atoms with Crippen LogP contribution in [0.4, 0.5) is 5.69 Å². The maximum absolute atomic E-state index is 11.8. The number of amides is 1. The number of nitrogens with zero attached hydrogens (tertiary/aromatic N) is 2. The van der Waals surface area contributed by atoms with Crippen LogP contribution in [0.2, 0.25) is 0 Å². The summed E-state index contributed by atoms with van der Waals surface area (Å²) in [6.07, 6.45) is 1.23. The molecule has 80 valence electrons. The van der Waals surface area contributed by atoms with Crippen molar-refractivity contribution in [1.29, 1.82) is 5.26 Å². The second-order valence-corrected chi connectivity index (χ2v) is 4.02. The molecule has 16 heavy (non-hydrogen) atoms. The Morgan fingerprint density at radius 2 is 2.31 bits per heavy atom. The van der Waals surface area contributed by atoms with Gasteiger partial charge in [0.15, 0.2) is 0 Å². The molecule has 0 bridgehead atoms. The lowest BCUT2D eigenvalue weighted by Gasteiger charge is -2.15. The normalized spacial score (nSPS) is 17.4. The van der Waals surface area contributed by atoms with Crippen molar-refractivity contribution in [3.05, 3.63) is 23.3 Å². The Kier molecular flexibility index (Phi) is 1.87. The number of benzene rings is 1. The van der Waals surface area contributed by atoms with Crippen LogP contribution in [0.1, 0.15) is 17.5 Å². The summed E-state index contributed by atoms with van der Waals surface area (Å²) in [5, 5.41) is 8.90. The molecule has 0 aliphatic carbocycles. The summed E-state index contributed by atoms with van der Waals surface area (Å²) in [6.45, 7) is 1.32. The second kappa shape index (κ2) is 3.24. The molecule has 0 saturated carbocycles. The molecule has 0 atom stereocenters. The van der Waals surface area contributed by atoms with Gasteiger partial charge in [-0.2, -0.15) is 5.26 Å². The molecule has 4 nitrogen and oxygen atoms in total. The minimum atomic E-state index is 0.108. The van der Waals surface area contributed by atoms with Gasteiger partial charge in [-0.15, -0.1) is 0 Å². The quantitative estimate of drug-likeness (QED) is 0.652. The first-order chi connectivity index (χ1) is 7.79. The second-order valence-electron chi connectivity index (χ2n) is 4.02. The molecular formula is C12H10N2O2. The highest BCUT2D eigenvalue weighted by molar-refractivity contribution is 6.03. The molecule has 0 unspecified atom stereocenters. The third kappa shape index (κ3) is 1.18. The molecule has 2 aliphatic rings. The summed E-state index contributed by atoms with van der Waals surface area (Å²) in [5.41, 5.74) is 2.35. The van der Waals surface area contributed by atoms with Gasteiger partial charge in [-0.3, -0.25) is 4.79 Å². The van der Waals surface area contributed by atoms with Gasteiger partial charge >= 0.3 is 0 Å². The van der Waals surface area contributed by atoms with Crippen LogP contribution in [0.5, 0.6) is 5.75 Å². The molecule has 1 aromatic rings. The molecule has 0 aromatic heterocycles. The lowest BCUT2D eigenvalue weighted by atomic mass is 10.1. The fraction of sp³-hybridized carbons (Fsp3) is 0.333. The highest BCUT2D eigenvalue weighted by atomic mass is 16.5. The third-order valence-electron chi connectivity index (χ3n) is 2.98. The zero-order chi connectivity index (χ0) is 11.1. The van der Waals surface area contributed by atoms with Gasteiger partial charge in [-0.25, -0.2) is 0 Å². The lowest BCUT2D eigenvalue weighted by Crippen LogP contribution is -2.27. The van der Waals surface area contributed by atoms with Crippen molar-refractivity contribution in [2.75, 3.05) is 18.1 Å². The molecule has 0 radical (unpaired) electrons. The number of hydrogen-bond acceptors (Lipinski definition) is 3. The highest BCUT2D eigenvalue weighted by Crippen LogP contribution is 2.40. The maximum atomic E-state index is 11.8. The van der Waals surface area contributed by atoms with Crippen molar-refractivity contribution in [2.45, 2.75) is 12.8 Å². The zero-order valence-corrected chi connectivity index (χ0v) is 8.69. The van der Waals surface area contributed by atoms with Gasteiger partial charge in [0.05, 0.1) is 30.3 Å². The van der Waals surface area contributed by atoms with Gasteiger partial charge in [-0.1, -0.05) is 0 Å². The molecule has 3 rings (SSSR count). The van der Waals surface area contributed by atoms with Crippen LogP contribution in [-0.4, -0.2) is 19.1 Å². The van der Waals surface area contributed by atoms with Gasteiger partial charge in [0, 0.05) is 12.6 Å². The monoisotopic (exact) mass is 214 g/mol. The summed E-state index contributed by atoms with van der Waals surface area (Å²) in [7, 11) is 0. The molecule has 0 N–H and O–H groups in total. The van der Waals surface area contributed by atoms with E-state index in [4.69, 9.17) is 10.00 Å². The summed E-state index contributed by atoms with van der Waals surface area (Å²) < 4.78 is 5.59. The first kappa shape index (κ1) is 9.22. The van der Waals surface area contributed by atoms with E-state index in [1.807, 2.05) is 0 Å². The predicted octanol–water partition coefficient (Wildman–Crippen LogP) is 1.23. The Morgan fingerprint density at radius 1 is 1.44 bits per heavy atom. The Labute approximate surface area is 93.0 Å². The van der Waals surface area contributed by atoms with Crippen molar-refractivity contribution in [3.63, 3.8) is 0 Å². The van der Waals surface area contributed by atoms with Crippen molar-refractivity contribution in [1.82, 2.24) is 0 Å². The summed E-state index contributed by atoms with van der Waals surface area (Å²) >= 11 is 0. The number of nitriles is 1. The minimum absolute atomic E-state index is 0.108. The number of hydrogen-bond donors (Lipinski definition) is 0. The van der Waals surface area contributed by atoms with E-state index in [-0.39, 0.29) is 5.91 Å². The van der Waals surface area contributed by atoms with Crippen molar-refractivity contribution in [3.8, 4) is 11.8 Å².